The van der Waals surface area contributed by atoms with E-state index in [9.17, 15) is 4.79 Å². The average molecular weight is 223 g/mol. The molecule has 0 saturated heterocycles. The van der Waals surface area contributed by atoms with Crippen molar-refractivity contribution in [1.29, 1.82) is 0 Å². The predicted octanol–water partition coefficient (Wildman–Crippen LogP) is 1.51. The highest BCUT2D eigenvalue weighted by atomic mass is 16.4. The topological polar surface area (TPSA) is 66.3 Å². The molecule has 88 valence electrons. The lowest BCUT2D eigenvalue weighted by atomic mass is 10.1. The van der Waals surface area contributed by atoms with Crippen molar-refractivity contribution in [2.75, 3.05) is 11.9 Å². The number of aliphatic carboxylic acids is 1. The number of carboxylic acid groups (broad SMARTS) is 1. The molecule has 1 rings (SSSR count). The summed E-state index contributed by atoms with van der Waals surface area (Å²) in [6.07, 6.45) is 0. The fraction of sp³-hybridized carbons (Fsp3) is 0.545. The van der Waals surface area contributed by atoms with Gasteiger partial charge in [-0.2, -0.15) is 5.10 Å². The van der Waals surface area contributed by atoms with Gasteiger partial charge in [0.2, 0.25) is 0 Å². The molecule has 1 N–H and O–H groups in total. The first-order valence-electron chi connectivity index (χ1n) is 5.22. The minimum Gasteiger partial charge on any atom is -0.480 e. The van der Waals surface area contributed by atoms with E-state index in [0.29, 0.717) is 11.7 Å². The molecule has 16 heavy (non-hydrogen) atoms. The normalized spacial score (nSPS) is 12.6. The molecule has 1 unspecified atom stereocenters. The number of hydrogen-bond donors (Lipinski definition) is 1. The molecule has 0 saturated carbocycles. The Labute approximate surface area is 95.1 Å². The Morgan fingerprint density at radius 3 is 2.31 bits per heavy atom. The molecule has 0 aromatic carbocycles. The first-order chi connectivity index (χ1) is 7.43. The number of rotatable bonds is 4. The van der Waals surface area contributed by atoms with Gasteiger partial charge in [-0.25, -0.2) is 4.79 Å². The third-order valence-electron chi connectivity index (χ3n) is 2.56. The van der Waals surface area contributed by atoms with E-state index >= 15 is 0 Å². The summed E-state index contributed by atoms with van der Waals surface area (Å²) < 4.78 is 0. The molecule has 5 heteroatoms. The van der Waals surface area contributed by atoms with Crippen LogP contribution in [0.15, 0.2) is 12.1 Å². The van der Waals surface area contributed by atoms with Gasteiger partial charge in [-0.05, 0) is 25.0 Å². The van der Waals surface area contributed by atoms with Gasteiger partial charge in [-0.15, -0.1) is 5.10 Å². The number of anilines is 1. The molecule has 0 fully saturated rings. The van der Waals surface area contributed by atoms with Crippen molar-refractivity contribution in [3.8, 4) is 0 Å². The zero-order valence-electron chi connectivity index (χ0n) is 10.0. The van der Waals surface area contributed by atoms with Crippen molar-refractivity contribution in [2.24, 2.45) is 0 Å². The molecular formula is C11H17N3O2. The predicted molar refractivity (Wildman–Crippen MR) is 61.6 cm³/mol. The van der Waals surface area contributed by atoms with E-state index < -0.39 is 12.0 Å². The van der Waals surface area contributed by atoms with Gasteiger partial charge in [0.15, 0.2) is 5.82 Å². The second-order valence-electron chi connectivity index (χ2n) is 4.10. The second kappa shape index (κ2) is 4.92. The van der Waals surface area contributed by atoms with Crippen molar-refractivity contribution in [3.63, 3.8) is 0 Å². The molecule has 1 aromatic heterocycles. The van der Waals surface area contributed by atoms with E-state index in [2.05, 4.69) is 10.2 Å². The van der Waals surface area contributed by atoms with Crippen LogP contribution >= 0.6 is 0 Å². The van der Waals surface area contributed by atoms with E-state index in [1.54, 1.807) is 24.9 Å². The number of carbonyl (C=O) groups is 1. The molecule has 5 nitrogen and oxygen atoms in total. The van der Waals surface area contributed by atoms with Crippen LogP contribution in [0.4, 0.5) is 5.82 Å². The Morgan fingerprint density at radius 2 is 1.94 bits per heavy atom. The second-order valence-corrected chi connectivity index (χ2v) is 4.10. The quantitative estimate of drug-likeness (QED) is 0.838. The van der Waals surface area contributed by atoms with Gasteiger partial charge >= 0.3 is 5.97 Å². The summed E-state index contributed by atoms with van der Waals surface area (Å²) in [6.45, 7) is 5.68. The fourth-order valence-electron chi connectivity index (χ4n) is 1.20. The smallest absolute Gasteiger partial charge is 0.326 e. The number of likely N-dealkylation sites (N-methyl/N-ethyl adjacent to an activating group) is 1. The van der Waals surface area contributed by atoms with Crippen molar-refractivity contribution < 1.29 is 9.90 Å². The van der Waals surface area contributed by atoms with Crippen molar-refractivity contribution in [1.82, 2.24) is 10.2 Å². The maximum atomic E-state index is 10.8. The zero-order chi connectivity index (χ0) is 12.3. The molecule has 0 spiro atoms. The lowest BCUT2D eigenvalue weighted by molar-refractivity contribution is -0.138. The van der Waals surface area contributed by atoms with Crippen LogP contribution in [0.25, 0.3) is 0 Å². The average Bonchev–Trinajstić information content (AvgIpc) is 2.27. The lowest BCUT2D eigenvalue weighted by Gasteiger charge is -2.21. The van der Waals surface area contributed by atoms with Crippen LogP contribution in [0.1, 0.15) is 32.4 Å². The molecule has 0 radical (unpaired) electrons. The highest BCUT2D eigenvalue weighted by Crippen LogP contribution is 2.15. The molecule has 0 aliphatic heterocycles. The standard InChI is InChI=1S/C11H17N3O2/c1-7(2)9-5-6-10(13-12-9)14(4)8(3)11(15)16/h5-8H,1-4H3,(H,15,16). The van der Waals surface area contributed by atoms with Gasteiger partial charge in [0.1, 0.15) is 6.04 Å². The first-order valence-corrected chi connectivity index (χ1v) is 5.22. The Kier molecular flexibility index (Phi) is 3.82. The van der Waals surface area contributed by atoms with Gasteiger partial charge in [0, 0.05) is 7.05 Å². The van der Waals surface area contributed by atoms with Crippen LogP contribution < -0.4 is 4.90 Å². The molecule has 0 bridgehead atoms. The summed E-state index contributed by atoms with van der Waals surface area (Å²) in [4.78, 5) is 12.4. The molecular weight excluding hydrogens is 206 g/mol. The first kappa shape index (κ1) is 12.4. The highest BCUT2D eigenvalue weighted by molar-refractivity contribution is 5.76. The monoisotopic (exact) mass is 223 g/mol. The molecule has 1 aromatic rings. The van der Waals surface area contributed by atoms with Crippen LogP contribution in [0.5, 0.6) is 0 Å². The van der Waals surface area contributed by atoms with Gasteiger partial charge < -0.3 is 10.0 Å². The van der Waals surface area contributed by atoms with Crippen LogP contribution in [0, 0.1) is 0 Å². The van der Waals surface area contributed by atoms with Crippen LogP contribution in [0.3, 0.4) is 0 Å². The summed E-state index contributed by atoms with van der Waals surface area (Å²) in [6, 6.07) is 3.05. The van der Waals surface area contributed by atoms with Gasteiger partial charge in [0.25, 0.3) is 0 Å². The van der Waals surface area contributed by atoms with Crippen molar-refractivity contribution in [3.05, 3.63) is 17.8 Å². The third kappa shape index (κ3) is 2.68. The van der Waals surface area contributed by atoms with Crippen LogP contribution in [-0.4, -0.2) is 34.4 Å². The Balaban J connectivity index is 2.85. The molecule has 1 atom stereocenters. The number of aromatic nitrogens is 2. The minimum atomic E-state index is -0.878. The number of nitrogens with zero attached hydrogens (tertiary/aromatic N) is 3. The number of hydrogen-bond acceptors (Lipinski definition) is 4. The molecule has 0 aliphatic carbocycles. The van der Waals surface area contributed by atoms with Crippen LogP contribution in [-0.2, 0) is 4.79 Å². The van der Waals surface area contributed by atoms with Gasteiger partial charge in [-0.3, -0.25) is 0 Å². The summed E-state index contributed by atoms with van der Waals surface area (Å²) in [7, 11) is 1.69. The van der Waals surface area contributed by atoms with Gasteiger partial charge in [0.05, 0.1) is 5.69 Å². The van der Waals surface area contributed by atoms with E-state index in [0.717, 1.165) is 5.69 Å². The summed E-state index contributed by atoms with van der Waals surface area (Å²) in [5.41, 5.74) is 0.903. The number of carboxylic acids is 1. The molecule has 0 aliphatic rings. The Morgan fingerprint density at radius 1 is 1.31 bits per heavy atom. The Hall–Kier alpha value is -1.65. The van der Waals surface area contributed by atoms with E-state index in [4.69, 9.17) is 5.11 Å². The van der Waals surface area contributed by atoms with Crippen molar-refractivity contribution in [2.45, 2.75) is 32.7 Å². The SMILES string of the molecule is CC(C)c1ccc(N(C)C(C)C(=O)O)nn1. The van der Waals surface area contributed by atoms with E-state index in [1.807, 2.05) is 19.9 Å². The molecule has 1 heterocycles. The third-order valence-corrected chi connectivity index (χ3v) is 2.56. The van der Waals surface area contributed by atoms with Gasteiger partial charge in [-0.1, -0.05) is 13.8 Å². The lowest BCUT2D eigenvalue weighted by Crippen LogP contribution is -2.36. The maximum Gasteiger partial charge on any atom is 0.326 e. The zero-order valence-corrected chi connectivity index (χ0v) is 10.0. The van der Waals surface area contributed by atoms with Crippen molar-refractivity contribution >= 4 is 11.8 Å². The largest absolute Gasteiger partial charge is 0.480 e. The summed E-state index contributed by atoms with van der Waals surface area (Å²) >= 11 is 0. The Bertz CT molecular complexity index is 362. The maximum absolute atomic E-state index is 10.8. The minimum absolute atomic E-state index is 0.323. The summed E-state index contributed by atoms with van der Waals surface area (Å²) in [5, 5.41) is 16.9. The fourth-order valence-corrected chi connectivity index (χ4v) is 1.20. The van der Waals surface area contributed by atoms with E-state index in [-0.39, 0.29) is 0 Å². The summed E-state index contributed by atoms with van der Waals surface area (Å²) in [5.74, 6) is 0.0142. The van der Waals surface area contributed by atoms with E-state index in [1.165, 1.54) is 0 Å². The highest BCUT2D eigenvalue weighted by Gasteiger charge is 2.18. The molecule has 0 amide bonds. The van der Waals surface area contributed by atoms with Crippen LogP contribution in [0.2, 0.25) is 0 Å².